The third-order valence-electron chi connectivity index (χ3n) is 5.02. The first-order valence-corrected chi connectivity index (χ1v) is 8.96. The number of amides is 1. The van der Waals surface area contributed by atoms with Gasteiger partial charge in [0.25, 0.3) is 0 Å². The molecule has 0 bridgehead atoms. The lowest BCUT2D eigenvalue weighted by molar-refractivity contribution is -0.133. The van der Waals surface area contributed by atoms with E-state index >= 15 is 0 Å². The van der Waals surface area contributed by atoms with Crippen LogP contribution in [0.4, 0.5) is 4.39 Å². The number of halogens is 2. The van der Waals surface area contributed by atoms with Gasteiger partial charge in [0, 0.05) is 42.2 Å². The number of piperazine rings is 1. The second kappa shape index (κ2) is 8.63. The first kappa shape index (κ1) is 20.2. The van der Waals surface area contributed by atoms with Crippen LogP contribution in [0.15, 0.2) is 53.1 Å². The lowest BCUT2D eigenvalue weighted by atomic mass is 10.0. The monoisotopic (exact) mass is 404 g/mol. The molecule has 7 heteroatoms. The number of fused-ring (bicyclic) bond motifs is 1. The Kier molecular flexibility index (Phi) is 6.21. The number of nitrogens with one attached hydrogen (secondary N) is 1. The van der Waals surface area contributed by atoms with Crippen molar-refractivity contribution in [3.05, 3.63) is 65.7 Å². The SMILES string of the molecule is COc1ccccc1C1CNCCN1C(=O)Cc1coc2cc(F)ccc12.Cl. The summed E-state index contributed by atoms with van der Waals surface area (Å²) in [4.78, 5) is 15.0. The van der Waals surface area contributed by atoms with Crippen molar-refractivity contribution in [2.75, 3.05) is 26.7 Å². The van der Waals surface area contributed by atoms with Gasteiger partial charge in [0.2, 0.25) is 5.91 Å². The Labute approximate surface area is 168 Å². The first-order valence-electron chi connectivity index (χ1n) is 8.96. The Hall–Kier alpha value is -2.57. The lowest BCUT2D eigenvalue weighted by Crippen LogP contribution is -2.49. The van der Waals surface area contributed by atoms with Gasteiger partial charge in [-0.05, 0) is 18.2 Å². The number of hydrogen-bond acceptors (Lipinski definition) is 4. The molecule has 2 heterocycles. The Balaban J connectivity index is 0.00000225. The molecule has 1 atom stereocenters. The van der Waals surface area contributed by atoms with Crippen molar-refractivity contribution in [3.63, 3.8) is 0 Å². The van der Waals surface area contributed by atoms with Gasteiger partial charge in [-0.15, -0.1) is 12.4 Å². The Morgan fingerprint density at radius 2 is 2.14 bits per heavy atom. The highest BCUT2D eigenvalue weighted by molar-refractivity contribution is 5.88. The normalized spacial score (nSPS) is 16.6. The van der Waals surface area contributed by atoms with E-state index in [1.165, 1.54) is 12.1 Å². The molecule has 1 amide bonds. The van der Waals surface area contributed by atoms with Gasteiger partial charge in [-0.2, -0.15) is 0 Å². The van der Waals surface area contributed by atoms with Gasteiger partial charge >= 0.3 is 0 Å². The van der Waals surface area contributed by atoms with Crippen LogP contribution < -0.4 is 10.1 Å². The van der Waals surface area contributed by atoms with E-state index in [9.17, 15) is 9.18 Å². The molecule has 2 aromatic carbocycles. The van der Waals surface area contributed by atoms with Crippen molar-refractivity contribution in [3.8, 4) is 5.75 Å². The summed E-state index contributed by atoms with van der Waals surface area (Å²) in [5.74, 6) is 0.431. The number of carbonyl (C=O) groups excluding carboxylic acids is 1. The molecular weight excluding hydrogens is 383 g/mol. The van der Waals surface area contributed by atoms with Crippen LogP contribution in [0, 0.1) is 5.82 Å². The zero-order valence-electron chi connectivity index (χ0n) is 15.5. The fraction of sp³-hybridized carbons (Fsp3) is 0.286. The van der Waals surface area contributed by atoms with Crippen molar-refractivity contribution < 1.29 is 18.3 Å². The van der Waals surface area contributed by atoms with E-state index in [2.05, 4.69) is 5.32 Å². The highest BCUT2D eigenvalue weighted by Gasteiger charge is 2.30. The molecule has 1 fully saturated rings. The number of benzene rings is 2. The van der Waals surface area contributed by atoms with E-state index in [1.807, 2.05) is 29.2 Å². The van der Waals surface area contributed by atoms with Crippen LogP contribution in [-0.2, 0) is 11.2 Å². The Morgan fingerprint density at radius 1 is 1.32 bits per heavy atom. The van der Waals surface area contributed by atoms with E-state index in [4.69, 9.17) is 9.15 Å². The van der Waals surface area contributed by atoms with Crippen molar-refractivity contribution in [1.82, 2.24) is 10.2 Å². The molecule has 0 radical (unpaired) electrons. The highest BCUT2D eigenvalue weighted by atomic mass is 35.5. The van der Waals surface area contributed by atoms with E-state index in [-0.39, 0.29) is 36.6 Å². The number of rotatable bonds is 4. The third-order valence-corrected chi connectivity index (χ3v) is 5.02. The fourth-order valence-corrected chi connectivity index (χ4v) is 3.68. The zero-order chi connectivity index (χ0) is 18.8. The summed E-state index contributed by atoms with van der Waals surface area (Å²) in [5.41, 5.74) is 2.21. The quantitative estimate of drug-likeness (QED) is 0.720. The van der Waals surface area contributed by atoms with Gasteiger partial charge in [0.1, 0.15) is 17.1 Å². The summed E-state index contributed by atoms with van der Waals surface area (Å²) in [6.07, 6.45) is 1.76. The molecule has 148 valence electrons. The Morgan fingerprint density at radius 3 is 2.96 bits per heavy atom. The third kappa shape index (κ3) is 3.84. The van der Waals surface area contributed by atoms with Gasteiger partial charge in [-0.1, -0.05) is 18.2 Å². The van der Waals surface area contributed by atoms with Crippen molar-refractivity contribution in [2.45, 2.75) is 12.5 Å². The molecule has 1 N–H and O–H groups in total. The minimum Gasteiger partial charge on any atom is -0.496 e. The average molecular weight is 405 g/mol. The van der Waals surface area contributed by atoms with Gasteiger partial charge in [0.05, 0.1) is 25.8 Å². The smallest absolute Gasteiger partial charge is 0.227 e. The van der Waals surface area contributed by atoms with Gasteiger partial charge < -0.3 is 19.4 Å². The molecule has 0 saturated carbocycles. The van der Waals surface area contributed by atoms with Gasteiger partial charge in [-0.3, -0.25) is 4.79 Å². The molecule has 3 aromatic rings. The van der Waals surface area contributed by atoms with Gasteiger partial charge in [0.15, 0.2) is 0 Å². The predicted molar refractivity (Wildman–Crippen MR) is 107 cm³/mol. The van der Waals surface area contributed by atoms with E-state index in [0.717, 1.165) is 28.8 Å². The molecule has 5 nitrogen and oxygen atoms in total. The van der Waals surface area contributed by atoms with Crippen LogP contribution in [0.25, 0.3) is 11.0 Å². The van der Waals surface area contributed by atoms with E-state index < -0.39 is 0 Å². The summed E-state index contributed by atoms with van der Waals surface area (Å²) in [7, 11) is 1.64. The van der Waals surface area contributed by atoms with Crippen LogP contribution in [-0.4, -0.2) is 37.6 Å². The standard InChI is InChI=1S/C21H21FN2O3.ClH/c1-26-19-5-3-2-4-17(19)18-12-23-8-9-24(18)21(25)10-14-13-27-20-11-15(22)6-7-16(14)20;/h2-7,11,13,18,23H,8-10,12H2,1H3;1H. The molecule has 4 rings (SSSR count). The van der Waals surface area contributed by atoms with Crippen LogP contribution in [0.3, 0.4) is 0 Å². The van der Waals surface area contributed by atoms with Gasteiger partial charge in [-0.25, -0.2) is 4.39 Å². The lowest BCUT2D eigenvalue weighted by Gasteiger charge is -2.37. The highest BCUT2D eigenvalue weighted by Crippen LogP contribution is 2.31. The van der Waals surface area contributed by atoms with E-state index in [1.54, 1.807) is 19.4 Å². The molecule has 1 aliphatic rings. The maximum Gasteiger partial charge on any atom is 0.227 e. The maximum atomic E-state index is 13.4. The predicted octanol–water partition coefficient (Wildman–Crippen LogP) is 3.72. The minimum absolute atomic E-state index is 0. The number of carbonyl (C=O) groups is 1. The molecule has 0 spiro atoms. The number of furan rings is 1. The number of para-hydroxylation sites is 1. The van der Waals surface area contributed by atoms with Crippen molar-refractivity contribution in [1.29, 1.82) is 0 Å². The molecule has 1 aromatic heterocycles. The van der Waals surface area contributed by atoms with Crippen molar-refractivity contribution >= 4 is 29.3 Å². The largest absolute Gasteiger partial charge is 0.496 e. The van der Waals surface area contributed by atoms with Crippen LogP contribution >= 0.6 is 12.4 Å². The first-order chi connectivity index (χ1) is 13.2. The average Bonchev–Trinajstić information content (AvgIpc) is 3.09. The number of ether oxygens (including phenoxy) is 1. The van der Waals surface area contributed by atoms with Crippen LogP contribution in [0.2, 0.25) is 0 Å². The summed E-state index contributed by atoms with van der Waals surface area (Å²) < 4.78 is 24.3. The second-order valence-electron chi connectivity index (χ2n) is 6.63. The molecule has 0 aliphatic carbocycles. The zero-order valence-corrected chi connectivity index (χ0v) is 16.3. The van der Waals surface area contributed by atoms with Crippen LogP contribution in [0.5, 0.6) is 5.75 Å². The summed E-state index contributed by atoms with van der Waals surface area (Å²) in [5, 5.41) is 4.13. The number of hydrogen-bond donors (Lipinski definition) is 1. The van der Waals surface area contributed by atoms with Crippen LogP contribution in [0.1, 0.15) is 17.2 Å². The number of methoxy groups -OCH3 is 1. The topological polar surface area (TPSA) is 54.7 Å². The Bertz CT molecular complexity index is 975. The van der Waals surface area contributed by atoms with Crippen molar-refractivity contribution in [2.24, 2.45) is 0 Å². The number of nitrogens with zero attached hydrogens (tertiary/aromatic N) is 1. The molecule has 28 heavy (non-hydrogen) atoms. The second-order valence-corrected chi connectivity index (χ2v) is 6.63. The summed E-state index contributed by atoms with van der Waals surface area (Å²) in [6.45, 7) is 2.03. The molecule has 1 aliphatic heterocycles. The minimum atomic E-state index is -0.354. The summed E-state index contributed by atoms with van der Waals surface area (Å²) in [6, 6.07) is 12.1. The maximum absolute atomic E-state index is 13.4. The molecule has 1 unspecified atom stereocenters. The summed E-state index contributed by atoms with van der Waals surface area (Å²) >= 11 is 0. The molecule has 1 saturated heterocycles. The molecular formula is C21H22ClFN2O3. The fourth-order valence-electron chi connectivity index (χ4n) is 3.68. The van der Waals surface area contributed by atoms with E-state index in [0.29, 0.717) is 18.7 Å².